The standard InChI is InChI=1S/C22H22N2O6/c1-27-14-7-8-15-16(12-14)23-21(22(26)30-4)20(15)24-19(25)10-6-13-5-9-17(28-2)18(11-13)29-3/h5-12,23H,1-4H3,(H,24,25)/b10-6+. The van der Waals surface area contributed by atoms with Crippen LogP contribution < -0.4 is 19.5 Å². The van der Waals surface area contributed by atoms with Crippen molar-refractivity contribution >= 4 is 34.5 Å². The average Bonchev–Trinajstić information content (AvgIpc) is 3.14. The first kappa shape index (κ1) is 20.8. The van der Waals surface area contributed by atoms with E-state index in [-0.39, 0.29) is 5.69 Å². The maximum Gasteiger partial charge on any atom is 0.356 e. The van der Waals surface area contributed by atoms with Gasteiger partial charge in [-0.1, -0.05) is 6.07 Å². The van der Waals surface area contributed by atoms with Crippen LogP contribution in [0.25, 0.3) is 17.0 Å². The highest BCUT2D eigenvalue weighted by Crippen LogP contribution is 2.31. The Morgan fingerprint density at radius 3 is 2.37 bits per heavy atom. The molecular weight excluding hydrogens is 388 g/mol. The molecule has 30 heavy (non-hydrogen) atoms. The molecular formula is C22H22N2O6. The van der Waals surface area contributed by atoms with Gasteiger partial charge in [-0.2, -0.15) is 0 Å². The number of benzene rings is 2. The second-order valence-electron chi connectivity index (χ2n) is 6.22. The molecule has 3 aromatic rings. The summed E-state index contributed by atoms with van der Waals surface area (Å²) in [6, 6.07) is 10.5. The number of hydrogen-bond acceptors (Lipinski definition) is 6. The smallest absolute Gasteiger partial charge is 0.356 e. The Labute approximate surface area is 173 Å². The number of carbonyl (C=O) groups is 2. The molecule has 0 saturated carbocycles. The second kappa shape index (κ2) is 9.04. The van der Waals surface area contributed by atoms with Gasteiger partial charge in [0, 0.05) is 17.5 Å². The number of nitrogens with one attached hydrogen (secondary N) is 2. The molecule has 0 bridgehead atoms. The van der Waals surface area contributed by atoms with Crippen molar-refractivity contribution in [2.45, 2.75) is 0 Å². The summed E-state index contributed by atoms with van der Waals surface area (Å²) in [5.41, 5.74) is 1.86. The van der Waals surface area contributed by atoms with E-state index in [2.05, 4.69) is 10.3 Å². The number of aromatic amines is 1. The maximum atomic E-state index is 12.5. The quantitative estimate of drug-likeness (QED) is 0.456. The number of fused-ring (bicyclic) bond motifs is 1. The molecule has 3 rings (SSSR count). The van der Waals surface area contributed by atoms with Crippen molar-refractivity contribution in [2.24, 2.45) is 0 Å². The van der Waals surface area contributed by atoms with Crippen LogP contribution in [0.2, 0.25) is 0 Å². The Hall–Kier alpha value is -3.94. The van der Waals surface area contributed by atoms with Crippen molar-refractivity contribution in [1.29, 1.82) is 0 Å². The van der Waals surface area contributed by atoms with Gasteiger partial charge in [0.2, 0.25) is 5.91 Å². The Balaban J connectivity index is 1.88. The predicted molar refractivity (Wildman–Crippen MR) is 113 cm³/mol. The van der Waals surface area contributed by atoms with Gasteiger partial charge in [-0.3, -0.25) is 4.79 Å². The molecule has 0 unspecified atom stereocenters. The largest absolute Gasteiger partial charge is 0.497 e. The third kappa shape index (κ3) is 4.22. The summed E-state index contributed by atoms with van der Waals surface area (Å²) in [6.07, 6.45) is 3.00. The number of rotatable bonds is 7. The van der Waals surface area contributed by atoms with Crippen LogP contribution in [0.3, 0.4) is 0 Å². The number of aromatic nitrogens is 1. The highest BCUT2D eigenvalue weighted by atomic mass is 16.5. The van der Waals surface area contributed by atoms with Crippen LogP contribution in [0.5, 0.6) is 17.2 Å². The lowest BCUT2D eigenvalue weighted by atomic mass is 10.1. The minimum Gasteiger partial charge on any atom is -0.497 e. The Morgan fingerprint density at radius 1 is 0.933 bits per heavy atom. The van der Waals surface area contributed by atoms with E-state index < -0.39 is 11.9 Å². The predicted octanol–water partition coefficient (Wildman–Crippen LogP) is 3.63. The monoisotopic (exact) mass is 410 g/mol. The lowest BCUT2D eigenvalue weighted by Crippen LogP contribution is -2.12. The van der Waals surface area contributed by atoms with Gasteiger partial charge >= 0.3 is 5.97 Å². The third-order valence-corrected chi connectivity index (χ3v) is 4.48. The first-order valence-corrected chi connectivity index (χ1v) is 8.99. The Bertz CT molecular complexity index is 1120. The first-order valence-electron chi connectivity index (χ1n) is 8.99. The highest BCUT2D eigenvalue weighted by molar-refractivity contribution is 6.13. The summed E-state index contributed by atoms with van der Waals surface area (Å²) in [6.45, 7) is 0. The first-order chi connectivity index (χ1) is 14.5. The number of carbonyl (C=O) groups excluding carboxylic acids is 2. The number of anilines is 1. The molecule has 8 nitrogen and oxygen atoms in total. The van der Waals surface area contributed by atoms with Crippen molar-refractivity contribution in [3.8, 4) is 17.2 Å². The van der Waals surface area contributed by atoms with E-state index in [9.17, 15) is 9.59 Å². The molecule has 1 amide bonds. The van der Waals surface area contributed by atoms with Crippen LogP contribution in [0.15, 0.2) is 42.5 Å². The lowest BCUT2D eigenvalue weighted by Gasteiger charge is -2.07. The molecule has 0 spiro atoms. The molecule has 2 aromatic carbocycles. The summed E-state index contributed by atoms with van der Waals surface area (Å²) in [4.78, 5) is 27.7. The normalized spacial score (nSPS) is 10.8. The van der Waals surface area contributed by atoms with Crippen molar-refractivity contribution in [3.63, 3.8) is 0 Å². The van der Waals surface area contributed by atoms with Crippen molar-refractivity contribution in [1.82, 2.24) is 4.98 Å². The van der Waals surface area contributed by atoms with Gasteiger partial charge in [0.1, 0.15) is 11.4 Å². The zero-order valence-corrected chi connectivity index (χ0v) is 17.1. The molecule has 0 aliphatic rings. The van der Waals surface area contributed by atoms with Crippen LogP contribution in [0.1, 0.15) is 16.1 Å². The van der Waals surface area contributed by atoms with Crippen LogP contribution in [-0.2, 0) is 9.53 Å². The van der Waals surface area contributed by atoms with Crippen molar-refractivity contribution in [2.75, 3.05) is 33.8 Å². The van der Waals surface area contributed by atoms with Gasteiger partial charge in [0.15, 0.2) is 11.5 Å². The minimum atomic E-state index is -0.593. The number of methoxy groups -OCH3 is 4. The summed E-state index contributed by atoms with van der Waals surface area (Å²) >= 11 is 0. The average molecular weight is 410 g/mol. The van der Waals surface area contributed by atoms with E-state index in [1.165, 1.54) is 13.2 Å². The van der Waals surface area contributed by atoms with Crippen LogP contribution >= 0.6 is 0 Å². The van der Waals surface area contributed by atoms with Crippen LogP contribution in [0.4, 0.5) is 5.69 Å². The molecule has 0 radical (unpaired) electrons. The Morgan fingerprint density at radius 2 is 1.70 bits per heavy atom. The van der Waals surface area contributed by atoms with E-state index in [0.29, 0.717) is 33.8 Å². The SMILES string of the molecule is COC(=O)c1[nH]c2cc(OC)ccc2c1NC(=O)/C=C/c1ccc(OC)c(OC)c1. The van der Waals surface area contributed by atoms with Crippen LogP contribution in [-0.4, -0.2) is 45.3 Å². The molecule has 156 valence electrons. The maximum absolute atomic E-state index is 12.5. The van der Waals surface area contributed by atoms with E-state index in [4.69, 9.17) is 18.9 Å². The van der Waals surface area contributed by atoms with Gasteiger partial charge in [0.05, 0.1) is 39.6 Å². The number of hydrogen-bond donors (Lipinski definition) is 2. The summed E-state index contributed by atoms with van der Waals surface area (Å²) in [7, 11) is 5.92. The van der Waals surface area contributed by atoms with Gasteiger partial charge in [-0.15, -0.1) is 0 Å². The van der Waals surface area contributed by atoms with Crippen LogP contribution in [0, 0.1) is 0 Å². The molecule has 0 saturated heterocycles. The molecule has 0 fully saturated rings. The van der Waals surface area contributed by atoms with Gasteiger partial charge in [-0.25, -0.2) is 4.79 Å². The number of esters is 1. The van der Waals surface area contributed by atoms with E-state index in [1.54, 1.807) is 63.8 Å². The van der Waals surface area contributed by atoms with Gasteiger partial charge in [0.25, 0.3) is 0 Å². The molecule has 8 heteroatoms. The fraction of sp³-hybridized carbons (Fsp3) is 0.182. The van der Waals surface area contributed by atoms with E-state index >= 15 is 0 Å². The number of amides is 1. The summed E-state index contributed by atoms with van der Waals surface area (Å²) in [5, 5.41) is 3.41. The Kier molecular flexibility index (Phi) is 6.26. The number of ether oxygens (including phenoxy) is 4. The zero-order chi connectivity index (χ0) is 21.7. The molecule has 2 N–H and O–H groups in total. The summed E-state index contributed by atoms with van der Waals surface area (Å²) < 4.78 is 20.5. The fourth-order valence-electron chi connectivity index (χ4n) is 2.98. The molecule has 1 aromatic heterocycles. The topological polar surface area (TPSA) is 98.9 Å². The third-order valence-electron chi connectivity index (χ3n) is 4.48. The van der Waals surface area contributed by atoms with E-state index in [0.717, 1.165) is 5.56 Å². The number of H-pyrrole nitrogens is 1. The second-order valence-corrected chi connectivity index (χ2v) is 6.22. The minimum absolute atomic E-state index is 0.147. The van der Waals surface area contributed by atoms with E-state index in [1.807, 2.05) is 0 Å². The lowest BCUT2D eigenvalue weighted by molar-refractivity contribution is -0.111. The van der Waals surface area contributed by atoms with Crippen molar-refractivity contribution in [3.05, 3.63) is 53.7 Å². The zero-order valence-electron chi connectivity index (χ0n) is 17.1. The molecule has 1 heterocycles. The summed E-state index contributed by atoms with van der Waals surface area (Å²) in [5.74, 6) is 0.761. The highest BCUT2D eigenvalue weighted by Gasteiger charge is 2.20. The fourth-order valence-corrected chi connectivity index (χ4v) is 2.98. The molecule has 0 aliphatic heterocycles. The van der Waals surface area contributed by atoms with Gasteiger partial charge in [-0.05, 0) is 35.9 Å². The van der Waals surface area contributed by atoms with Gasteiger partial charge < -0.3 is 29.2 Å². The van der Waals surface area contributed by atoms with Crippen molar-refractivity contribution < 1.29 is 28.5 Å². The molecule has 0 aliphatic carbocycles. The molecule has 0 atom stereocenters.